The minimum absolute atomic E-state index is 0.181. The summed E-state index contributed by atoms with van der Waals surface area (Å²) in [6.07, 6.45) is 11.0. The van der Waals surface area contributed by atoms with Crippen LogP contribution in [0.15, 0.2) is 24.8 Å². The van der Waals surface area contributed by atoms with Gasteiger partial charge in [-0.05, 0) is 37.3 Å². The van der Waals surface area contributed by atoms with Crippen LogP contribution in [0, 0.1) is 0 Å². The maximum atomic E-state index is 12.9. The molecule has 5 rings (SSSR count). The molecule has 7 heteroatoms. The van der Waals surface area contributed by atoms with E-state index in [-0.39, 0.29) is 11.5 Å². The van der Waals surface area contributed by atoms with Crippen LogP contribution in [0.5, 0.6) is 0 Å². The molecule has 0 radical (unpaired) electrons. The average molecular weight is 401 g/mol. The number of hydrogen-bond acceptors (Lipinski definition) is 5. The number of amides is 1. The van der Waals surface area contributed by atoms with E-state index in [4.69, 9.17) is 4.74 Å². The van der Waals surface area contributed by atoms with E-state index in [1.54, 1.807) is 11.3 Å². The van der Waals surface area contributed by atoms with Crippen LogP contribution >= 0.6 is 11.3 Å². The molecule has 3 aliphatic rings. The van der Waals surface area contributed by atoms with Gasteiger partial charge < -0.3 is 19.1 Å². The van der Waals surface area contributed by atoms with Crippen LogP contribution in [0.3, 0.4) is 0 Å². The molecule has 2 fully saturated rings. The monoisotopic (exact) mass is 400 g/mol. The molecule has 6 nitrogen and oxygen atoms in total. The molecule has 2 aromatic rings. The highest BCUT2D eigenvalue weighted by atomic mass is 32.1. The van der Waals surface area contributed by atoms with Gasteiger partial charge in [0.05, 0.1) is 23.4 Å². The minimum Gasteiger partial charge on any atom is -0.370 e. The lowest BCUT2D eigenvalue weighted by atomic mass is 9.82. The molecule has 28 heavy (non-hydrogen) atoms. The van der Waals surface area contributed by atoms with Crippen molar-refractivity contribution < 1.29 is 9.53 Å². The van der Waals surface area contributed by atoms with Gasteiger partial charge in [0, 0.05) is 63.0 Å². The van der Waals surface area contributed by atoms with Crippen LogP contribution in [0.4, 0.5) is 0 Å². The van der Waals surface area contributed by atoms with Crippen LogP contribution in [0.1, 0.15) is 45.8 Å². The SMILES string of the molecule is O=C(c1cc2c(s1)CCOC21CCN(CCn2ccnc2)CC1)N1CCCC1. The van der Waals surface area contributed by atoms with Crippen molar-refractivity contribution in [1.29, 1.82) is 0 Å². The fourth-order valence-electron chi connectivity index (χ4n) is 4.83. The summed E-state index contributed by atoms with van der Waals surface area (Å²) in [7, 11) is 0. The van der Waals surface area contributed by atoms with Crippen molar-refractivity contribution in [2.75, 3.05) is 39.3 Å². The van der Waals surface area contributed by atoms with Gasteiger partial charge in [0.25, 0.3) is 5.91 Å². The van der Waals surface area contributed by atoms with E-state index < -0.39 is 0 Å². The summed E-state index contributed by atoms with van der Waals surface area (Å²) in [6, 6.07) is 2.17. The van der Waals surface area contributed by atoms with Crippen LogP contribution in [-0.4, -0.2) is 64.6 Å². The first-order valence-corrected chi connectivity index (χ1v) is 11.3. The van der Waals surface area contributed by atoms with Crippen molar-refractivity contribution in [3.8, 4) is 0 Å². The number of aromatic nitrogens is 2. The van der Waals surface area contributed by atoms with Gasteiger partial charge in [0.2, 0.25) is 0 Å². The number of thiophene rings is 1. The normalized spacial score (nSPS) is 21.9. The molecular formula is C21H28N4O2S. The van der Waals surface area contributed by atoms with Crippen molar-refractivity contribution in [3.05, 3.63) is 40.1 Å². The largest absolute Gasteiger partial charge is 0.370 e. The second kappa shape index (κ2) is 7.61. The van der Waals surface area contributed by atoms with Crippen LogP contribution < -0.4 is 0 Å². The average Bonchev–Trinajstić information content (AvgIpc) is 3.49. The number of carbonyl (C=O) groups is 1. The predicted molar refractivity (Wildman–Crippen MR) is 109 cm³/mol. The molecule has 0 N–H and O–H groups in total. The Balaban J connectivity index is 1.27. The van der Waals surface area contributed by atoms with Crippen LogP contribution in [0.25, 0.3) is 0 Å². The number of carbonyl (C=O) groups excluding carboxylic acids is 1. The summed E-state index contributed by atoms with van der Waals surface area (Å²) in [5.74, 6) is 0.227. The van der Waals surface area contributed by atoms with E-state index in [1.165, 1.54) is 10.4 Å². The Bertz CT molecular complexity index is 818. The Morgan fingerprint density at radius 2 is 2.00 bits per heavy atom. The van der Waals surface area contributed by atoms with Gasteiger partial charge in [-0.2, -0.15) is 0 Å². The molecule has 0 unspecified atom stereocenters. The summed E-state index contributed by atoms with van der Waals surface area (Å²) in [6.45, 7) is 6.70. The van der Waals surface area contributed by atoms with Crippen molar-refractivity contribution in [2.24, 2.45) is 0 Å². The molecule has 1 amide bonds. The summed E-state index contributed by atoms with van der Waals surface area (Å²) < 4.78 is 8.52. The third-order valence-electron chi connectivity index (χ3n) is 6.51. The molecule has 2 aromatic heterocycles. The molecular weight excluding hydrogens is 372 g/mol. The Morgan fingerprint density at radius 1 is 1.18 bits per heavy atom. The molecule has 0 saturated carbocycles. The van der Waals surface area contributed by atoms with E-state index in [0.717, 1.165) is 82.9 Å². The van der Waals surface area contributed by atoms with Crippen molar-refractivity contribution in [2.45, 2.75) is 44.2 Å². The lowest BCUT2D eigenvalue weighted by molar-refractivity contribution is -0.0972. The second-order valence-electron chi connectivity index (χ2n) is 8.18. The molecule has 150 valence electrons. The Labute approximate surface area is 170 Å². The zero-order valence-electron chi connectivity index (χ0n) is 16.3. The summed E-state index contributed by atoms with van der Waals surface area (Å²) in [4.78, 5) is 23.8. The lowest BCUT2D eigenvalue weighted by Crippen LogP contribution is -2.46. The number of piperidine rings is 1. The summed E-state index contributed by atoms with van der Waals surface area (Å²) in [5, 5.41) is 0. The van der Waals surface area contributed by atoms with E-state index in [0.29, 0.717) is 0 Å². The third kappa shape index (κ3) is 3.40. The maximum absolute atomic E-state index is 12.9. The number of likely N-dealkylation sites (tertiary alicyclic amines) is 2. The van der Waals surface area contributed by atoms with E-state index in [9.17, 15) is 4.79 Å². The quantitative estimate of drug-likeness (QED) is 0.792. The smallest absolute Gasteiger partial charge is 0.263 e. The first-order valence-electron chi connectivity index (χ1n) is 10.5. The zero-order valence-corrected chi connectivity index (χ0v) is 17.1. The highest BCUT2D eigenvalue weighted by Crippen LogP contribution is 2.44. The number of fused-ring (bicyclic) bond motifs is 2. The van der Waals surface area contributed by atoms with E-state index in [1.807, 2.05) is 23.6 Å². The topological polar surface area (TPSA) is 50.6 Å². The number of rotatable bonds is 4. The molecule has 0 aliphatic carbocycles. The van der Waals surface area contributed by atoms with Gasteiger partial charge in [-0.15, -0.1) is 11.3 Å². The predicted octanol–water partition coefficient (Wildman–Crippen LogP) is 2.74. The summed E-state index contributed by atoms with van der Waals surface area (Å²) >= 11 is 1.71. The highest BCUT2D eigenvalue weighted by molar-refractivity contribution is 7.14. The van der Waals surface area contributed by atoms with E-state index in [2.05, 4.69) is 20.5 Å². The second-order valence-corrected chi connectivity index (χ2v) is 9.32. The molecule has 3 aliphatic heterocycles. The Kier molecular flexibility index (Phi) is 4.99. The first-order chi connectivity index (χ1) is 13.7. The standard InChI is InChI=1S/C21H28N4O2S/c26-20(25-7-1-2-8-25)19-15-17-18(28-19)3-14-27-21(17)4-9-23(10-5-21)12-13-24-11-6-22-16-24/h6,11,15-16H,1-5,7-10,12-14H2. The van der Waals surface area contributed by atoms with Gasteiger partial charge in [0.15, 0.2) is 0 Å². The molecule has 2 saturated heterocycles. The number of ether oxygens (including phenoxy) is 1. The number of imidazole rings is 1. The highest BCUT2D eigenvalue weighted by Gasteiger charge is 2.42. The fraction of sp³-hybridized carbons (Fsp3) is 0.619. The van der Waals surface area contributed by atoms with Gasteiger partial charge in [-0.3, -0.25) is 4.79 Å². The molecule has 5 heterocycles. The minimum atomic E-state index is -0.181. The molecule has 0 aromatic carbocycles. The zero-order chi connectivity index (χ0) is 19.0. The first kappa shape index (κ1) is 18.3. The summed E-state index contributed by atoms with van der Waals surface area (Å²) in [5.41, 5.74) is 1.12. The van der Waals surface area contributed by atoms with Crippen LogP contribution in [0.2, 0.25) is 0 Å². The molecule has 1 spiro atoms. The van der Waals surface area contributed by atoms with Gasteiger partial charge >= 0.3 is 0 Å². The van der Waals surface area contributed by atoms with Crippen molar-refractivity contribution >= 4 is 17.2 Å². The van der Waals surface area contributed by atoms with Gasteiger partial charge in [-0.25, -0.2) is 4.98 Å². The number of nitrogens with zero attached hydrogens (tertiary/aromatic N) is 4. The van der Waals surface area contributed by atoms with Gasteiger partial charge in [0.1, 0.15) is 0 Å². The van der Waals surface area contributed by atoms with Gasteiger partial charge in [-0.1, -0.05) is 0 Å². The van der Waals surface area contributed by atoms with E-state index >= 15 is 0 Å². The Morgan fingerprint density at radius 3 is 2.75 bits per heavy atom. The third-order valence-corrected chi connectivity index (χ3v) is 7.69. The number of hydrogen-bond donors (Lipinski definition) is 0. The van der Waals surface area contributed by atoms with Crippen molar-refractivity contribution in [3.63, 3.8) is 0 Å². The van der Waals surface area contributed by atoms with Crippen molar-refractivity contribution in [1.82, 2.24) is 19.4 Å². The molecule has 0 atom stereocenters. The lowest BCUT2D eigenvalue weighted by Gasteiger charge is -2.44. The Hall–Kier alpha value is -1.70. The molecule has 0 bridgehead atoms. The fourth-order valence-corrected chi connectivity index (χ4v) is 6.02. The maximum Gasteiger partial charge on any atom is 0.263 e. The van der Waals surface area contributed by atoms with Crippen LogP contribution in [-0.2, 0) is 23.3 Å².